The molecular weight excluding hydrogens is 259 g/mol. The molecule has 1 aromatic carbocycles. The molecule has 0 unspecified atom stereocenters. The Morgan fingerprint density at radius 2 is 1.88 bits per heavy atom. The van der Waals surface area contributed by atoms with Crippen LogP contribution in [0.15, 0.2) is 18.2 Å². The van der Waals surface area contributed by atoms with Crippen molar-refractivity contribution in [2.24, 2.45) is 0 Å². The molecule has 0 aliphatic carbocycles. The van der Waals surface area contributed by atoms with Crippen molar-refractivity contribution in [1.29, 1.82) is 0 Å². The SMILES string of the molecule is CC(C)[Si](C)(C)OCc1ccc(Cl)cc1Cl. The molecule has 0 amide bonds. The van der Waals surface area contributed by atoms with Crippen molar-refractivity contribution in [2.75, 3.05) is 0 Å². The van der Waals surface area contributed by atoms with Gasteiger partial charge in [0.2, 0.25) is 0 Å². The molecule has 0 saturated carbocycles. The molecule has 1 rings (SSSR count). The summed E-state index contributed by atoms with van der Waals surface area (Å²) < 4.78 is 6.01. The average molecular weight is 277 g/mol. The Morgan fingerprint density at radius 1 is 1.25 bits per heavy atom. The fraction of sp³-hybridized carbons (Fsp3) is 0.500. The second-order valence-electron chi connectivity index (χ2n) is 4.78. The summed E-state index contributed by atoms with van der Waals surface area (Å²) >= 11 is 11.9. The predicted molar refractivity (Wildman–Crippen MR) is 73.8 cm³/mol. The van der Waals surface area contributed by atoms with Crippen molar-refractivity contribution in [2.45, 2.75) is 39.1 Å². The Labute approximate surface area is 109 Å². The number of benzene rings is 1. The van der Waals surface area contributed by atoms with E-state index in [4.69, 9.17) is 27.6 Å². The quantitative estimate of drug-likeness (QED) is 0.694. The van der Waals surface area contributed by atoms with E-state index in [2.05, 4.69) is 26.9 Å². The number of hydrogen-bond donors (Lipinski definition) is 0. The Morgan fingerprint density at radius 3 is 2.38 bits per heavy atom. The Bertz CT molecular complexity index is 364. The van der Waals surface area contributed by atoms with Crippen molar-refractivity contribution in [3.8, 4) is 0 Å². The van der Waals surface area contributed by atoms with Gasteiger partial charge in [0.1, 0.15) is 0 Å². The molecule has 1 nitrogen and oxygen atoms in total. The highest BCUT2D eigenvalue weighted by atomic mass is 35.5. The van der Waals surface area contributed by atoms with Crippen molar-refractivity contribution in [1.82, 2.24) is 0 Å². The van der Waals surface area contributed by atoms with Crippen LogP contribution in [-0.2, 0) is 11.0 Å². The molecule has 0 aliphatic heterocycles. The number of rotatable bonds is 4. The second-order valence-corrected chi connectivity index (χ2v) is 10.3. The minimum Gasteiger partial charge on any atom is -0.413 e. The maximum atomic E-state index is 6.09. The van der Waals surface area contributed by atoms with Crippen LogP contribution in [0.25, 0.3) is 0 Å². The standard InChI is InChI=1S/C12H18Cl2OSi/c1-9(2)16(3,4)15-8-10-5-6-11(13)7-12(10)14/h5-7,9H,8H2,1-4H3. The normalized spacial score (nSPS) is 12.2. The Hall–Kier alpha value is -0.0231. The Kier molecular flexibility index (Phi) is 4.86. The van der Waals surface area contributed by atoms with Gasteiger partial charge in [-0.2, -0.15) is 0 Å². The first-order valence-electron chi connectivity index (χ1n) is 5.41. The van der Waals surface area contributed by atoms with E-state index in [1.54, 1.807) is 6.07 Å². The van der Waals surface area contributed by atoms with Gasteiger partial charge < -0.3 is 4.43 Å². The van der Waals surface area contributed by atoms with Crippen LogP contribution in [-0.4, -0.2) is 8.32 Å². The zero-order valence-corrected chi connectivity index (χ0v) is 12.7. The van der Waals surface area contributed by atoms with Gasteiger partial charge in [-0.3, -0.25) is 0 Å². The summed E-state index contributed by atoms with van der Waals surface area (Å²) in [7, 11) is -1.59. The molecule has 1 aromatic rings. The fourth-order valence-corrected chi connectivity index (χ4v) is 2.39. The highest BCUT2D eigenvalue weighted by molar-refractivity contribution is 6.72. The number of hydrogen-bond acceptors (Lipinski definition) is 1. The van der Waals surface area contributed by atoms with Crippen molar-refractivity contribution < 1.29 is 4.43 Å². The Balaban J connectivity index is 2.68. The van der Waals surface area contributed by atoms with Crippen LogP contribution in [0.2, 0.25) is 28.7 Å². The lowest BCUT2D eigenvalue weighted by Crippen LogP contribution is -2.33. The highest BCUT2D eigenvalue weighted by Gasteiger charge is 2.26. The first-order chi connectivity index (χ1) is 7.33. The number of halogens is 2. The molecule has 0 saturated heterocycles. The van der Waals surface area contributed by atoms with E-state index in [1.807, 2.05) is 12.1 Å². The molecule has 0 N–H and O–H groups in total. The van der Waals surface area contributed by atoms with Crippen LogP contribution in [0.1, 0.15) is 19.4 Å². The van der Waals surface area contributed by atoms with Crippen LogP contribution >= 0.6 is 23.2 Å². The largest absolute Gasteiger partial charge is 0.413 e. The maximum absolute atomic E-state index is 6.09. The summed E-state index contributed by atoms with van der Waals surface area (Å²) in [6.07, 6.45) is 0. The second kappa shape index (κ2) is 5.54. The average Bonchev–Trinajstić information content (AvgIpc) is 2.16. The zero-order valence-electron chi connectivity index (χ0n) is 10.2. The van der Waals surface area contributed by atoms with Crippen LogP contribution < -0.4 is 0 Å². The van der Waals surface area contributed by atoms with Gasteiger partial charge in [0.15, 0.2) is 8.32 Å². The summed E-state index contributed by atoms with van der Waals surface area (Å²) in [5.74, 6) is 0. The van der Waals surface area contributed by atoms with E-state index >= 15 is 0 Å². The lowest BCUT2D eigenvalue weighted by molar-refractivity contribution is 0.289. The molecule has 0 aromatic heterocycles. The molecule has 0 radical (unpaired) electrons. The van der Waals surface area contributed by atoms with Gasteiger partial charge in [-0.25, -0.2) is 0 Å². The third-order valence-corrected chi connectivity index (χ3v) is 7.26. The van der Waals surface area contributed by atoms with E-state index < -0.39 is 8.32 Å². The summed E-state index contributed by atoms with van der Waals surface area (Å²) in [6, 6.07) is 5.53. The molecule has 90 valence electrons. The van der Waals surface area contributed by atoms with Crippen LogP contribution in [0, 0.1) is 0 Å². The molecular formula is C12H18Cl2OSi. The first kappa shape index (κ1) is 14.0. The topological polar surface area (TPSA) is 9.23 Å². The van der Waals surface area contributed by atoms with Gasteiger partial charge in [0.25, 0.3) is 0 Å². The lowest BCUT2D eigenvalue weighted by Gasteiger charge is -2.27. The minimum absolute atomic E-state index is 0.577. The van der Waals surface area contributed by atoms with Crippen molar-refractivity contribution >= 4 is 31.5 Å². The van der Waals surface area contributed by atoms with Gasteiger partial charge >= 0.3 is 0 Å². The molecule has 0 heterocycles. The zero-order chi connectivity index (χ0) is 12.3. The molecule has 0 aliphatic rings. The van der Waals surface area contributed by atoms with E-state index in [0.29, 0.717) is 22.2 Å². The van der Waals surface area contributed by atoms with E-state index in [-0.39, 0.29) is 0 Å². The lowest BCUT2D eigenvalue weighted by atomic mass is 10.2. The molecule has 0 bridgehead atoms. The van der Waals surface area contributed by atoms with Crippen LogP contribution in [0.5, 0.6) is 0 Å². The molecule has 0 atom stereocenters. The third kappa shape index (κ3) is 3.77. The summed E-state index contributed by atoms with van der Waals surface area (Å²) in [5, 5.41) is 1.34. The van der Waals surface area contributed by atoms with Gasteiger partial charge in [0.05, 0.1) is 6.61 Å². The fourth-order valence-electron chi connectivity index (χ4n) is 1.07. The van der Waals surface area contributed by atoms with E-state index in [0.717, 1.165) is 5.56 Å². The maximum Gasteiger partial charge on any atom is 0.189 e. The monoisotopic (exact) mass is 276 g/mol. The summed E-state index contributed by atoms with van der Waals surface area (Å²) in [4.78, 5) is 0. The van der Waals surface area contributed by atoms with E-state index in [1.165, 1.54) is 0 Å². The van der Waals surface area contributed by atoms with E-state index in [9.17, 15) is 0 Å². The molecule has 4 heteroatoms. The van der Waals surface area contributed by atoms with Crippen molar-refractivity contribution in [3.63, 3.8) is 0 Å². The van der Waals surface area contributed by atoms with Crippen LogP contribution in [0.4, 0.5) is 0 Å². The highest BCUT2D eigenvalue weighted by Crippen LogP contribution is 2.26. The molecule has 0 fully saturated rings. The third-order valence-electron chi connectivity index (χ3n) is 3.01. The van der Waals surface area contributed by atoms with Crippen molar-refractivity contribution in [3.05, 3.63) is 33.8 Å². The summed E-state index contributed by atoms with van der Waals surface area (Å²) in [5.41, 5.74) is 1.60. The van der Waals surface area contributed by atoms with Crippen LogP contribution in [0.3, 0.4) is 0 Å². The first-order valence-corrected chi connectivity index (χ1v) is 9.15. The minimum atomic E-state index is -1.59. The molecule has 0 spiro atoms. The predicted octanol–water partition coefficient (Wildman–Crippen LogP) is 5.13. The molecule has 16 heavy (non-hydrogen) atoms. The summed E-state index contributed by atoms with van der Waals surface area (Å²) in [6.45, 7) is 9.43. The van der Waals surface area contributed by atoms with Gasteiger partial charge in [-0.15, -0.1) is 0 Å². The van der Waals surface area contributed by atoms with Gasteiger partial charge in [-0.05, 0) is 36.3 Å². The van der Waals surface area contributed by atoms with Gasteiger partial charge in [0, 0.05) is 10.0 Å². The van der Waals surface area contributed by atoms with Gasteiger partial charge in [-0.1, -0.05) is 43.1 Å². The smallest absolute Gasteiger partial charge is 0.189 e.